The molecule has 0 radical (unpaired) electrons. The molecule has 0 atom stereocenters. The quantitative estimate of drug-likeness (QED) is 0.499. The molecule has 0 saturated carbocycles. The lowest BCUT2D eigenvalue weighted by Crippen LogP contribution is -2.24. The van der Waals surface area contributed by atoms with Crippen LogP contribution in [-0.2, 0) is 16.1 Å². The van der Waals surface area contributed by atoms with Gasteiger partial charge in [-0.1, -0.05) is 11.8 Å². The molecule has 17 heavy (non-hydrogen) atoms. The van der Waals surface area contributed by atoms with Crippen molar-refractivity contribution < 1.29 is 14.6 Å². The van der Waals surface area contributed by atoms with Gasteiger partial charge in [-0.05, 0) is 20.8 Å². The molecule has 5 nitrogen and oxygen atoms in total. The molecule has 1 N–H and O–H groups in total. The molecule has 1 aromatic rings. The van der Waals surface area contributed by atoms with E-state index in [4.69, 9.17) is 9.84 Å². The Morgan fingerprint density at radius 3 is 2.47 bits per heavy atom. The van der Waals surface area contributed by atoms with Gasteiger partial charge in [-0.2, -0.15) is 0 Å². The van der Waals surface area contributed by atoms with Crippen molar-refractivity contribution >= 4 is 17.7 Å². The fraction of sp³-hybridized carbons (Fsp3) is 0.545. The van der Waals surface area contributed by atoms with Gasteiger partial charge < -0.3 is 9.84 Å². The second kappa shape index (κ2) is 5.97. The van der Waals surface area contributed by atoms with Gasteiger partial charge in [0, 0.05) is 18.0 Å². The van der Waals surface area contributed by atoms with Crippen LogP contribution >= 0.6 is 11.8 Å². The molecular formula is C11H16N2O3S. The lowest BCUT2D eigenvalue weighted by molar-refractivity contribution is -0.151. The summed E-state index contributed by atoms with van der Waals surface area (Å²) in [6, 6.07) is 0. The Morgan fingerprint density at radius 1 is 1.41 bits per heavy atom. The van der Waals surface area contributed by atoms with Crippen molar-refractivity contribution in [2.24, 2.45) is 0 Å². The summed E-state index contributed by atoms with van der Waals surface area (Å²) >= 11 is 1.21. The summed E-state index contributed by atoms with van der Waals surface area (Å²) in [5, 5.41) is 9.31. The van der Waals surface area contributed by atoms with Crippen LogP contribution in [0.4, 0.5) is 0 Å². The molecule has 0 bridgehead atoms. The highest BCUT2D eigenvalue weighted by atomic mass is 32.2. The van der Waals surface area contributed by atoms with Crippen LogP contribution in [0.1, 0.15) is 26.3 Å². The number of aliphatic hydroxyl groups is 1. The van der Waals surface area contributed by atoms with E-state index in [2.05, 4.69) is 9.97 Å². The number of hydrogen-bond acceptors (Lipinski definition) is 6. The number of hydrogen-bond donors (Lipinski definition) is 1. The van der Waals surface area contributed by atoms with Gasteiger partial charge in [0.1, 0.15) is 5.60 Å². The van der Waals surface area contributed by atoms with E-state index in [1.54, 1.807) is 0 Å². The molecule has 0 unspecified atom stereocenters. The highest BCUT2D eigenvalue weighted by molar-refractivity contribution is 7.99. The summed E-state index contributed by atoms with van der Waals surface area (Å²) in [6.45, 7) is 5.38. The zero-order valence-electron chi connectivity index (χ0n) is 10.1. The summed E-state index contributed by atoms with van der Waals surface area (Å²) < 4.78 is 5.15. The van der Waals surface area contributed by atoms with Crippen molar-refractivity contribution in [2.45, 2.75) is 38.1 Å². The third-order valence-electron chi connectivity index (χ3n) is 1.60. The predicted octanol–water partition coefficient (Wildman–Crippen LogP) is 1.40. The number of nitrogens with zero attached hydrogens (tertiary/aromatic N) is 2. The third-order valence-corrected chi connectivity index (χ3v) is 2.45. The van der Waals surface area contributed by atoms with Crippen LogP contribution in [0, 0.1) is 0 Å². The Kier molecular flexibility index (Phi) is 4.89. The normalized spacial score (nSPS) is 11.3. The first-order chi connectivity index (χ1) is 7.90. The zero-order chi connectivity index (χ0) is 12.9. The molecule has 6 heteroatoms. The molecule has 0 aliphatic carbocycles. The van der Waals surface area contributed by atoms with E-state index in [1.165, 1.54) is 24.2 Å². The van der Waals surface area contributed by atoms with Crippen molar-refractivity contribution in [3.8, 4) is 0 Å². The van der Waals surface area contributed by atoms with Crippen LogP contribution in [0.25, 0.3) is 0 Å². The van der Waals surface area contributed by atoms with E-state index in [1.807, 2.05) is 20.8 Å². The minimum absolute atomic E-state index is 0.0863. The lowest BCUT2D eigenvalue weighted by Gasteiger charge is -2.19. The molecule has 0 aliphatic heterocycles. The van der Waals surface area contributed by atoms with Crippen LogP contribution in [0.15, 0.2) is 17.6 Å². The summed E-state index contributed by atoms with van der Waals surface area (Å²) in [7, 11) is 0. The van der Waals surface area contributed by atoms with E-state index in [0.29, 0.717) is 10.7 Å². The van der Waals surface area contributed by atoms with Gasteiger partial charge in [-0.25, -0.2) is 9.97 Å². The first-order valence-electron chi connectivity index (χ1n) is 5.17. The van der Waals surface area contributed by atoms with Crippen molar-refractivity contribution in [3.63, 3.8) is 0 Å². The van der Waals surface area contributed by atoms with Crippen molar-refractivity contribution in [3.05, 3.63) is 18.0 Å². The van der Waals surface area contributed by atoms with E-state index >= 15 is 0 Å². The maximum absolute atomic E-state index is 11.4. The smallest absolute Gasteiger partial charge is 0.316 e. The first-order valence-corrected chi connectivity index (χ1v) is 6.16. The van der Waals surface area contributed by atoms with Gasteiger partial charge in [0.2, 0.25) is 0 Å². The molecule has 0 saturated heterocycles. The Hall–Kier alpha value is -1.14. The fourth-order valence-electron chi connectivity index (χ4n) is 0.994. The van der Waals surface area contributed by atoms with Gasteiger partial charge in [0.15, 0.2) is 5.16 Å². The number of aromatic nitrogens is 2. The molecule has 0 fully saturated rings. The number of aliphatic hydroxyl groups excluding tert-OH is 1. The van der Waals surface area contributed by atoms with Gasteiger partial charge in [0.05, 0.1) is 12.4 Å². The fourth-order valence-corrected chi connectivity index (χ4v) is 1.55. The minimum Gasteiger partial charge on any atom is -0.459 e. The number of esters is 1. The van der Waals surface area contributed by atoms with E-state index in [-0.39, 0.29) is 18.3 Å². The topological polar surface area (TPSA) is 72.3 Å². The standard InChI is InChI=1S/C11H16N2O3S/c1-11(2,3)16-9(15)7-17-10-12-4-8(6-14)5-13-10/h4-5,14H,6-7H2,1-3H3. The largest absolute Gasteiger partial charge is 0.459 e. The molecule has 0 aromatic carbocycles. The molecule has 1 aromatic heterocycles. The summed E-state index contributed by atoms with van der Waals surface area (Å²) in [5.41, 5.74) is 0.172. The third kappa shape index (κ3) is 5.65. The lowest BCUT2D eigenvalue weighted by atomic mass is 10.2. The molecular weight excluding hydrogens is 240 g/mol. The van der Waals surface area contributed by atoms with Crippen LogP contribution in [0.2, 0.25) is 0 Å². The second-order valence-corrected chi connectivity index (χ2v) is 5.35. The van der Waals surface area contributed by atoms with Crippen molar-refractivity contribution in [1.29, 1.82) is 0 Å². The Bertz CT molecular complexity index is 373. The Morgan fingerprint density at radius 2 is 2.00 bits per heavy atom. The number of rotatable bonds is 4. The number of carbonyl (C=O) groups excluding carboxylic acids is 1. The van der Waals surface area contributed by atoms with Crippen LogP contribution in [0.3, 0.4) is 0 Å². The summed E-state index contributed by atoms with van der Waals surface area (Å²) in [5.74, 6) is -0.118. The van der Waals surface area contributed by atoms with Crippen LogP contribution < -0.4 is 0 Å². The van der Waals surface area contributed by atoms with Crippen molar-refractivity contribution in [2.75, 3.05) is 5.75 Å². The monoisotopic (exact) mass is 256 g/mol. The van der Waals surface area contributed by atoms with Crippen molar-refractivity contribution in [1.82, 2.24) is 9.97 Å². The zero-order valence-corrected chi connectivity index (χ0v) is 11.0. The molecule has 0 amide bonds. The average Bonchev–Trinajstić information content (AvgIpc) is 2.25. The van der Waals surface area contributed by atoms with E-state index in [9.17, 15) is 4.79 Å². The van der Waals surface area contributed by atoms with Gasteiger partial charge >= 0.3 is 5.97 Å². The van der Waals surface area contributed by atoms with Gasteiger partial charge in [0.25, 0.3) is 0 Å². The summed E-state index contributed by atoms with van der Waals surface area (Å²) in [6.07, 6.45) is 3.06. The van der Waals surface area contributed by atoms with Crippen LogP contribution in [-0.4, -0.2) is 32.4 Å². The Labute approximate surface area is 105 Å². The number of ether oxygens (including phenoxy) is 1. The first kappa shape index (κ1) is 13.9. The SMILES string of the molecule is CC(C)(C)OC(=O)CSc1ncc(CO)cn1. The number of thioether (sulfide) groups is 1. The molecule has 94 valence electrons. The van der Waals surface area contributed by atoms with Gasteiger partial charge in [-0.3, -0.25) is 4.79 Å². The second-order valence-electron chi connectivity index (χ2n) is 4.41. The van der Waals surface area contributed by atoms with E-state index in [0.717, 1.165) is 0 Å². The van der Waals surface area contributed by atoms with E-state index < -0.39 is 5.60 Å². The molecule has 0 spiro atoms. The Balaban J connectivity index is 2.42. The molecule has 0 aliphatic rings. The number of carbonyl (C=O) groups is 1. The van der Waals surface area contributed by atoms with Gasteiger partial charge in [-0.15, -0.1) is 0 Å². The maximum Gasteiger partial charge on any atom is 0.316 e. The predicted molar refractivity (Wildman–Crippen MR) is 64.5 cm³/mol. The van der Waals surface area contributed by atoms with Crippen LogP contribution in [0.5, 0.6) is 0 Å². The maximum atomic E-state index is 11.4. The minimum atomic E-state index is -0.473. The summed E-state index contributed by atoms with van der Waals surface area (Å²) in [4.78, 5) is 19.4. The highest BCUT2D eigenvalue weighted by Crippen LogP contribution is 2.15. The average molecular weight is 256 g/mol. The molecule has 1 rings (SSSR count). The molecule has 1 heterocycles. The highest BCUT2D eigenvalue weighted by Gasteiger charge is 2.16.